The van der Waals surface area contributed by atoms with Crippen molar-refractivity contribution in [2.45, 2.75) is 5.34 Å². The van der Waals surface area contributed by atoms with E-state index in [-0.39, 0.29) is 11.5 Å². The summed E-state index contributed by atoms with van der Waals surface area (Å²) in [6.07, 6.45) is 0. The van der Waals surface area contributed by atoms with Crippen LogP contribution in [0.2, 0.25) is 0 Å². The third-order valence-corrected chi connectivity index (χ3v) is 6.85. The van der Waals surface area contributed by atoms with E-state index in [1.807, 2.05) is 60.7 Å². The van der Waals surface area contributed by atoms with E-state index in [4.69, 9.17) is 4.74 Å². The summed E-state index contributed by atoms with van der Waals surface area (Å²) >= 11 is 0. The summed E-state index contributed by atoms with van der Waals surface area (Å²) in [5, 5.41) is 12.6. The van der Waals surface area contributed by atoms with Crippen LogP contribution in [-0.4, -0.2) is 10.00 Å². The van der Waals surface area contributed by atoms with Crippen LogP contribution in [0.1, 0.15) is 11.1 Å². The molecule has 0 bridgehead atoms. The number of phenolic OH excluding ortho intramolecular Hbond substituents is 1. The topological polar surface area (TPSA) is 66.8 Å². The van der Waals surface area contributed by atoms with Gasteiger partial charge in [0, 0.05) is 10.8 Å². The molecule has 1 unspecified atom stereocenters. The highest BCUT2D eigenvalue weighted by Gasteiger charge is 2.56. The van der Waals surface area contributed by atoms with E-state index in [0.29, 0.717) is 21.9 Å². The Hall–Kier alpha value is -3.72. The molecule has 2 N–H and O–H groups in total. The molecule has 0 aromatic heterocycles. The van der Waals surface area contributed by atoms with E-state index in [1.165, 1.54) is 0 Å². The number of hydrogen-bond donors (Lipinski definition) is 2. The average molecular weight is 439 g/mol. The number of benzene rings is 5. The molecule has 0 radical (unpaired) electrons. The van der Waals surface area contributed by atoms with Crippen molar-refractivity contribution in [3.8, 4) is 11.5 Å². The first kappa shape index (κ1) is 20.2. The Morgan fingerprint density at radius 2 is 1.00 bits per heavy atom. The van der Waals surface area contributed by atoms with Crippen molar-refractivity contribution in [1.82, 2.24) is 0 Å². The summed E-state index contributed by atoms with van der Waals surface area (Å²) in [6, 6.07) is 33.0. The number of rotatable bonds is 5. The van der Waals surface area contributed by atoms with Crippen LogP contribution in [0.15, 0.2) is 109 Å². The van der Waals surface area contributed by atoms with Crippen LogP contribution in [0.25, 0.3) is 21.5 Å². The van der Waals surface area contributed by atoms with Gasteiger partial charge in [-0.3, -0.25) is 0 Å². The summed E-state index contributed by atoms with van der Waals surface area (Å²) < 4.78 is 19.6. The summed E-state index contributed by atoms with van der Waals surface area (Å²) in [6.45, 7) is 0. The Morgan fingerprint density at radius 1 is 0.594 bits per heavy atom. The van der Waals surface area contributed by atoms with Crippen LogP contribution >= 0.6 is 8.03 Å². The largest absolute Gasteiger partial charge is 0.564 e. The van der Waals surface area contributed by atoms with E-state index in [2.05, 4.69) is 0 Å². The molecule has 1 atom stereocenters. The second kappa shape index (κ2) is 8.08. The zero-order valence-corrected chi connectivity index (χ0v) is 17.9. The molecule has 0 aliphatic rings. The quantitative estimate of drug-likeness (QED) is 0.236. The molecule has 0 fully saturated rings. The maximum absolute atomic E-state index is 13.1. The first-order valence-corrected chi connectivity index (χ1v) is 11.4. The molecule has 0 spiro atoms. The minimum absolute atomic E-state index is 0.0626. The van der Waals surface area contributed by atoms with Crippen LogP contribution in [0, 0.1) is 0 Å². The summed E-state index contributed by atoms with van der Waals surface area (Å²) in [5.41, 5.74) is 1.04. The molecule has 0 saturated carbocycles. The molecule has 0 aliphatic carbocycles. The van der Waals surface area contributed by atoms with Crippen molar-refractivity contribution in [3.63, 3.8) is 0 Å². The fraction of sp³-hybridized carbons (Fsp3) is 0.0370. The maximum atomic E-state index is 13.1. The maximum Gasteiger partial charge on any atom is 0.564 e. The zero-order valence-electron chi connectivity index (χ0n) is 17.1. The third-order valence-electron chi connectivity index (χ3n) is 5.71. The zero-order chi connectivity index (χ0) is 22.1. The Kier molecular flexibility index (Phi) is 5.10. The van der Waals surface area contributed by atoms with Gasteiger partial charge in [-0.05, 0) is 39.6 Å². The van der Waals surface area contributed by atoms with Gasteiger partial charge < -0.3 is 9.84 Å². The van der Waals surface area contributed by atoms with Gasteiger partial charge in [0.15, 0.2) is 11.5 Å². The molecule has 5 heteroatoms. The molecule has 5 rings (SSSR count). The Morgan fingerprint density at radius 3 is 1.50 bits per heavy atom. The van der Waals surface area contributed by atoms with Crippen molar-refractivity contribution in [2.75, 3.05) is 0 Å². The van der Waals surface area contributed by atoms with Crippen molar-refractivity contribution in [3.05, 3.63) is 120 Å². The van der Waals surface area contributed by atoms with Crippen molar-refractivity contribution >= 4 is 29.6 Å². The molecule has 4 nitrogen and oxygen atoms in total. The second-order valence-electron chi connectivity index (χ2n) is 7.52. The fourth-order valence-corrected chi connectivity index (χ4v) is 5.12. The van der Waals surface area contributed by atoms with E-state index in [0.717, 1.165) is 10.8 Å². The Balaban J connectivity index is 1.86. The van der Waals surface area contributed by atoms with E-state index in [1.54, 1.807) is 48.5 Å². The van der Waals surface area contributed by atoms with E-state index < -0.39 is 13.4 Å². The standard InChI is InChI=1S/C27H19O4P/c28-25-23-17-9-7-15-21(23)22-16-8-10-18-24(22)26(25)31-27(32(29)30,19-11-3-1-4-12-19)20-13-5-2-6-14-20/h1-18H,(H-,28,29,30)/p+1. The van der Waals surface area contributed by atoms with Gasteiger partial charge in [-0.1, -0.05) is 84.9 Å². The second-order valence-corrected chi connectivity index (χ2v) is 8.70. The minimum atomic E-state index is -2.92. The van der Waals surface area contributed by atoms with Gasteiger partial charge in [-0.2, -0.15) is 4.89 Å². The third kappa shape index (κ3) is 3.13. The van der Waals surface area contributed by atoms with Gasteiger partial charge in [-0.15, -0.1) is 0 Å². The lowest BCUT2D eigenvalue weighted by Crippen LogP contribution is -2.31. The molecule has 32 heavy (non-hydrogen) atoms. The van der Waals surface area contributed by atoms with Crippen LogP contribution in [-0.2, 0) is 9.91 Å². The molecule has 156 valence electrons. The molecular formula is C27H20O4P+. The van der Waals surface area contributed by atoms with Crippen LogP contribution in [0.5, 0.6) is 11.5 Å². The van der Waals surface area contributed by atoms with Crippen LogP contribution < -0.4 is 4.74 Å². The predicted octanol–water partition coefficient (Wildman–Crippen LogP) is 6.71. The Labute approximate surface area is 186 Å². The highest BCUT2D eigenvalue weighted by molar-refractivity contribution is 7.39. The lowest BCUT2D eigenvalue weighted by Gasteiger charge is -2.26. The highest BCUT2D eigenvalue weighted by Crippen LogP contribution is 2.54. The smallest absolute Gasteiger partial charge is 0.504 e. The first-order chi connectivity index (χ1) is 15.6. The van der Waals surface area contributed by atoms with Gasteiger partial charge >= 0.3 is 13.4 Å². The minimum Gasteiger partial charge on any atom is -0.504 e. The van der Waals surface area contributed by atoms with Crippen molar-refractivity contribution in [2.24, 2.45) is 0 Å². The molecule has 0 heterocycles. The molecular weight excluding hydrogens is 419 g/mol. The van der Waals surface area contributed by atoms with E-state index in [9.17, 15) is 14.6 Å². The van der Waals surface area contributed by atoms with Crippen molar-refractivity contribution < 1.29 is 19.3 Å². The van der Waals surface area contributed by atoms with Gasteiger partial charge in [0.2, 0.25) is 0 Å². The molecule has 5 aromatic carbocycles. The summed E-state index contributed by atoms with van der Waals surface area (Å²) in [4.78, 5) is 10.7. The summed E-state index contributed by atoms with van der Waals surface area (Å²) in [5.74, 6) is 0.108. The number of ether oxygens (including phenoxy) is 1. The number of fused-ring (bicyclic) bond motifs is 3. The lowest BCUT2D eigenvalue weighted by atomic mass is 9.98. The monoisotopic (exact) mass is 439 g/mol. The first-order valence-electron chi connectivity index (χ1n) is 10.2. The fourth-order valence-electron chi connectivity index (χ4n) is 4.21. The molecule has 0 amide bonds. The lowest BCUT2D eigenvalue weighted by molar-refractivity contribution is 0.181. The predicted molar refractivity (Wildman–Crippen MR) is 127 cm³/mol. The molecule has 0 aliphatic heterocycles. The van der Waals surface area contributed by atoms with Crippen LogP contribution in [0.3, 0.4) is 0 Å². The normalized spacial score (nSPS) is 12.1. The summed E-state index contributed by atoms with van der Waals surface area (Å²) in [7, 11) is -2.92. The molecule has 5 aromatic rings. The number of aromatic hydroxyl groups is 1. The van der Waals surface area contributed by atoms with Crippen LogP contribution in [0.4, 0.5) is 0 Å². The van der Waals surface area contributed by atoms with Gasteiger partial charge in [0.05, 0.1) is 11.1 Å². The SMILES string of the molecule is O=[P+](O)C(Oc1c(O)c2ccccc2c2ccccc12)(c1ccccc1)c1ccccc1. The molecule has 0 saturated heterocycles. The van der Waals surface area contributed by atoms with Gasteiger partial charge in [0.1, 0.15) is 0 Å². The highest BCUT2D eigenvalue weighted by atomic mass is 31.1. The number of phenols is 1. The Bertz CT molecular complexity index is 1390. The van der Waals surface area contributed by atoms with Gasteiger partial charge in [-0.25, -0.2) is 0 Å². The number of hydrogen-bond acceptors (Lipinski definition) is 3. The average Bonchev–Trinajstić information content (AvgIpc) is 2.85. The van der Waals surface area contributed by atoms with Gasteiger partial charge in [0.25, 0.3) is 0 Å². The van der Waals surface area contributed by atoms with E-state index >= 15 is 0 Å². The van der Waals surface area contributed by atoms with Crippen molar-refractivity contribution in [1.29, 1.82) is 0 Å².